The number of aryl methyl sites for hydroxylation is 1. The van der Waals surface area contributed by atoms with Gasteiger partial charge in [-0.05, 0) is 20.0 Å². The number of nitrogens with zero attached hydrogens (tertiary/aromatic N) is 3. The van der Waals surface area contributed by atoms with E-state index in [9.17, 15) is 8.78 Å². The molecule has 1 atom stereocenters. The lowest BCUT2D eigenvalue weighted by molar-refractivity contribution is 0.498. The predicted molar refractivity (Wildman–Crippen MR) is 67.6 cm³/mol. The van der Waals surface area contributed by atoms with Crippen molar-refractivity contribution in [3.63, 3.8) is 0 Å². The van der Waals surface area contributed by atoms with Crippen molar-refractivity contribution in [2.45, 2.75) is 25.9 Å². The van der Waals surface area contributed by atoms with E-state index in [1.54, 1.807) is 11.7 Å². The highest BCUT2D eigenvalue weighted by molar-refractivity contribution is 5.23. The molecule has 4 nitrogen and oxygen atoms in total. The lowest BCUT2D eigenvalue weighted by atomic mass is 10.0. The first-order valence-corrected chi connectivity index (χ1v) is 6.14. The van der Waals surface area contributed by atoms with Gasteiger partial charge in [0.2, 0.25) is 0 Å². The van der Waals surface area contributed by atoms with Crippen molar-refractivity contribution < 1.29 is 8.78 Å². The van der Waals surface area contributed by atoms with Crippen LogP contribution < -0.4 is 5.32 Å². The van der Waals surface area contributed by atoms with Gasteiger partial charge in [0.05, 0.1) is 0 Å². The molecular formula is C13H16F2N4. The van der Waals surface area contributed by atoms with Gasteiger partial charge in [-0.15, -0.1) is 0 Å². The van der Waals surface area contributed by atoms with E-state index in [1.165, 1.54) is 18.5 Å². The van der Waals surface area contributed by atoms with Crippen LogP contribution in [0.1, 0.15) is 24.4 Å². The Morgan fingerprint density at radius 2 is 2.16 bits per heavy atom. The van der Waals surface area contributed by atoms with Gasteiger partial charge in [-0.3, -0.25) is 4.68 Å². The molecule has 1 aromatic carbocycles. The van der Waals surface area contributed by atoms with Crippen molar-refractivity contribution in [2.75, 3.05) is 7.05 Å². The number of halogens is 2. The molecule has 2 rings (SSSR count). The molecule has 1 N–H and O–H groups in total. The second-order valence-electron chi connectivity index (χ2n) is 4.20. The molecular weight excluding hydrogens is 250 g/mol. The fourth-order valence-electron chi connectivity index (χ4n) is 2.04. The fraction of sp³-hybridized carbons (Fsp3) is 0.385. The van der Waals surface area contributed by atoms with E-state index >= 15 is 0 Å². The number of rotatable bonds is 5. The molecule has 2 aromatic rings. The van der Waals surface area contributed by atoms with Crippen molar-refractivity contribution in [3.05, 3.63) is 47.5 Å². The second-order valence-corrected chi connectivity index (χ2v) is 4.20. The van der Waals surface area contributed by atoms with Crippen LogP contribution in [0.25, 0.3) is 0 Å². The molecule has 0 aliphatic heterocycles. The highest BCUT2D eigenvalue weighted by Crippen LogP contribution is 2.21. The van der Waals surface area contributed by atoms with Crippen LogP contribution >= 0.6 is 0 Å². The maximum Gasteiger partial charge on any atom is 0.138 e. The number of likely N-dealkylation sites (N-methyl/N-ethyl adjacent to an activating group) is 1. The summed E-state index contributed by atoms with van der Waals surface area (Å²) < 4.78 is 28.5. The van der Waals surface area contributed by atoms with Crippen molar-refractivity contribution in [1.82, 2.24) is 20.1 Å². The summed E-state index contributed by atoms with van der Waals surface area (Å²) in [7, 11) is 1.74. The normalized spacial score (nSPS) is 12.6. The van der Waals surface area contributed by atoms with Crippen LogP contribution in [0.2, 0.25) is 0 Å². The summed E-state index contributed by atoms with van der Waals surface area (Å²) in [5.74, 6) is -0.361. The van der Waals surface area contributed by atoms with E-state index < -0.39 is 11.6 Å². The van der Waals surface area contributed by atoms with E-state index in [4.69, 9.17) is 0 Å². The zero-order valence-corrected chi connectivity index (χ0v) is 10.9. The molecule has 0 aliphatic rings. The Balaban J connectivity index is 2.25. The third kappa shape index (κ3) is 2.96. The lowest BCUT2D eigenvalue weighted by Gasteiger charge is -2.17. The molecule has 19 heavy (non-hydrogen) atoms. The smallest absolute Gasteiger partial charge is 0.138 e. The van der Waals surface area contributed by atoms with Gasteiger partial charge in [-0.25, -0.2) is 13.8 Å². The quantitative estimate of drug-likeness (QED) is 0.901. The van der Waals surface area contributed by atoms with E-state index in [2.05, 4.69) is 15.4 Å². The number of aromatic nitrogens is 3. The first-order valence-electron chi connectivity index (χ1n) is 6.14. The number of hydrogen-bond acceptors (Lipinski definition) is 3. The van der Waals surface area contributed by atoms with Gasteiger partial charge in [0.25, 0.3) is 0 Å². The van der Waals surface area contributed by atoms with Gasteiger partial charge in [0.1, 0.15) is 23.8 Å². The Morgan fingerprint density at radius 3 is 2.79 bits per heavy atom. The summed E-state index contributed by atoms with van der Waals surface area (Å²) in [4.78, 5) is 4.16. The van der Waals surface area contributed by atoms with Crippen LogP contribution in [-0.4, -0.2) is 21.8 Å². The third-order valence-corrected chi connectivity index (χ3v) is 3.07. The topological polar surface area (TPSA) is 42.7 Å². The molecule has 0 amide bonds. The zero-order valence-electron chi connectivity index (χ0n) is 10.9. The van der Waals surface area contributed by atoms with E-state index in [0.29, 0.717) is 18.5 Å². The van der Waals surface area contributed by atoms with Gasteiger partial charge < -0.3 is 5.32 Å². The zero-order chi connectivity index (χ0) is 13.8. The van der Waals surface area contributed by atoms with Crippen LogP contribution in [-0.2, 0) is 13.0 Å². The first-order chi connectivity index (χ1) is 9.15. The van der Waals surface area contributed by atoms with Crippen LogP contribution in [0, 0.1) is 11.6 Å². The Kier molecular flexibility index (Phi) is 4.21. The Morgan fingerprint density at radius 1 is 1.37 bits per heavy atom. The van der Waals surface area contributed by atoms with E-state index in [-0.39, 0.29) is 6.04 Å². The molecule has 102 valence electrons. The summed E-state index contributed by atoms with van der Waals surface area (Å²) in [5.41, 5.74) is 0.426. The SMILES string of the molecule is CCn1ncnc1CC(NC)c1ccc(F)cc1F. The number of benzene rings is 1. The summed E-state index contributed by atoms with van der Waals surface area (Å²) in [6, 6.07) is 3.34. The minimum atomic E-state index is -0.576. The average Bonchev–Trinajstić information content (AvgIpc) is 2.84. The monoisotopic (exact) mass is 266 g/mol. The molecule has 0 fully saturated rings. The average molecular weight is 266 g/mol. The van der Waals surface area contributed by atoms with Crippen molar-refractivity contribution in [3.8, 4) is 0 Å². The maximum atomic E-state index is 13.8. The van der Waals surface area contributed by atoms with Crippen molar-refractivity contribution >= 4 is 0 Å². The van der Waals surface area contributed by atoms with E-state index in [0.717, 1.165) is 11.9 Å². The van der Waals surface area contributed by atoms with Crippen LogP contribution in [0.5, 0.6) is 0 Å². The van der Waals surface area contributed by atoms with Crippen molar-refractivity contribution in [1.29, 1.82) is 0 Å². The van der Waals surface area contributed by atoms with Gasteiger partial charge in [-0.2, -0.15) is 5.10 Å². The van der Waals surface area contributed by atoms with Crippen molar-refractivity contribution in [2.24, 2.45) is 0 Å². The van der Waals surface area contributed by atoms with Crippen LogP contribution in [0.3, 0.4) is 0 Å². The highest BCUT2D eigenvalue weighted by Gasteiger charge is 2.17. The molecule has 0 saturated heterocycles. The van der Waals surface area contributed by atoms with Crippen LogP contribution in [0.4, 0.5) is 8.78 Å². The molecule has 1 heterocycles. The molecule has 1 aromatic heterocycles. The summed E-state index contributed by atoms with van der Waals surface area (Å²) in [6.45, 7) is 2.67. The molecule has 6 heteroatoms. The first kappa shape index (κ1) is 13.6. The molecule has 0 radical (unpaired) electrons. The largest absolute Gasteiger partial charge is 0.313 e. The summed E-state index contributed by atoms with van der Waals surface area (Å²) in [6.07, 6.45) is 1.97. The highest BCUT2D eigenvalue weighted by atomic mass is 19.1. The Labute approximate surface area is 110 Å². The van der Waals surface area contributed by atoms with Crippen LogP contribution in [0.15, 0.2) is 24.5 Å². The molecule has 0 spiro atoms. The fourth-order valence-corrected chi connectivity index (χ4v) is 2.04. The van der Waals surface area contributed by atoms with Gasteiger partial charge in [0.15, 0.2) is 0 Å². The second kappa shape index (κ2) is 5.88. The summed E-state index contributed by atoms with van der Waals surface area (Å²) in [5, 5.41) is 7.10. The predicted octanol–water partition coefficient (Wildman–Crippen LogP) is 2.08. The lowest BCUT2D eigenvalue weighted by Crippen LogP contribution is -2.22. The maximum absolute atomic E-state index is 13.8. The van der Waals surface area contributed by atoms with Gasteiger partial charge >= 0.3 is 0 Å². The number of nitrogens with one attached hydrogen (secondary N) is 1. The number of hydrogen-bond donors (Lipinski definition) is 1. The van der Waals surface area contributed by atoms with Gasteiger partial charge in [0, 0.05) is 30.6 Å². The molecule has 0 aliphatic carbocycles. The minimum Gasteiger partial charge on any atom is -0.313 e. The Hall–Kier alpha value is -1.82. The minimum absolute atomic E-state index is 0.268. The molecule has 1 unspecified atom stereocenters. The standard InChI is InChI=1S/C13H16F2N4/c1-3-19-13(17-8-18-19)7-12(16-2)10-5-4-9(14)6-11(10)15/h4-6,8,12,16H,3,7H2,1-2H3. The van der Waals surface area contributed by atoms with E-state index in [1.807, 2.05) is 6.92 Å². The Bertz CT molecular complexity index is 553. The third-order valence-electron chi connectivity index (χ3n) is 3.07. The molecule has 0 bridgehead atoms. The van der Waals surface area contributed by atoms with Gasteiger partial charge in [-0.1, -0.05) is 6.07 Å². The summed E-state index contributed by atoms with van der Waals surface area (Å²) >= 11 is 0. The molecule has 0 saturated carbocycles.